The second kappa shape index (κ2) is 8.29. The van der Waals surface area contributed by atoms with Crippen molar-refractivity contribution in [3.05, 3.63) is 48.0 Å². The van der Waals surface area contributed by atoms with Crippen LogP contribution in [0.1, 0.15) is 12.5 Å². The van der Waals surface area contributed by atoms with Crippen molar-refractivity contribution in [3.8, 4) is 0 Å². The van der Waals surface area contributed by atoms with Crippen molar-refractivity contribution >= 4 is 22.8 Å². The number of rotatable bonds is 4. The quantitative estimate of drug-likeness (QED) is 0.684. The number of amides is 2. The van der Waals surface area contributed by atoms with Gasteiger partial charge in [0.1, 0.15) is 32.7 Å². The van der Waals surface area contributed by atoms with Crippen LogP contribution in [0.5, 0.6) is 0 Å². The van der Waals surface area contributed by atoms with Gasteiger partial charge in [0.2, 0.25) is 0 Å². The Bertz CT molecular complexity index is 779. The number of carbonyl (C=O) groups excluding carboxylic acids is 2. The Labute approximate surface area is 153 Å². The maximum atomic E-state index is 12.1. The van der Waals surface area contributed by atoms with Crippen LogP contribution in [0.25, 0.3) is 10.8 Å². The highest BCUT2D eigenvalue weighted by atomic mass is 16.5. The molecule has 1 heterocycles. The molecule has 0 aliphatic carbocycles. The molecule has 26 heavy (non-hydrogen) atoms. The van der Waals surface area contributed by atoms with Gasteiger partial charge in [-0.1, -0.05) is 42.5 Å². The highest BCUT2D eigenvalue weighted by molar-refractivity contribution is 5.93. The Hall–Kier alpha value is -2.44. The number of carbonyl (C=O) groups is 2. The number of quaternary nitrogens is 2. The predicted octanol–water partition coefficient (Wildman–Crippen LogP) is -0.606. The Balaban J connectivity index is 1.57. The SMILES string of the molecule is COC(=O)NC(=O)[C@H](C)[NH+]1CC[NH+](Cc2cccc3ccccc23)CC1. The van der Waals surface area contributed by atoms with Crippen molar-refractivity contribution in [2.45, 2.75) is 19.5 Å². The average Bonchev–Trinajstić information content (AvgIpc) is 2.68. The average molecular weight is 357 g/mol. The van der Waals surface area contributed by atoms with Crippen LogP contribution < -0.4 is 15.1 Å². The zero-order valence-corrected chi connectivity index (χ0v) is 15.4. The fourth-order valence-electron chi connectivity index (χ4n) is 3.70. The molecule has 2 aromatic rings. The lowest BCUT2D eigenvalue weighted by molar-refractivity contribution is -1.02. The molecule has 0 bridgehead atoms. The van der Waals surface area contributed by atoms with Crippen molar-refractivity contribution in [3.63, 3.8) is 0 Å². The molecule has 2 aromatic carbocycles. The van der Waals surface area contributed by atoms with Crippen LogP contribution in [0.2, 0.25) is 0 Å². The number of hydrogen-bond donors (Lipinski definition) is 3. The van der Waals surface area contributed by atoms with Gasteiger partial charge in [0, 0.05) is 5.56 Å². The van der Waals surface area contributed by atoms with Crippen LogP contribution >= 0.6 is 0 Å². The molecule has 3 N–H and O–H groups in total. The summed E-state index contributed by atoms with van der Waals surface area (Å²) in [5, 5.41) is 4.87. The van der Waals surface area contributed by atoms with Gasteiger partial charge >= 0.3 is 6.09 Å². The van der Waals surface area contributed by atoms with E-state index in [0.717, 1.165) is 32.7 Å². The number of nitrogens with one attached hydrogen (secondary N) is 3. The number of hydrogen-bond acceptors (Lipinski definition) is 3. The molecule has 6 nitrogen and oxygen atoms in total. The number of benzene rings is 2. The Morgan fingerprint density at radius 2 is 1.77 bits per heavy atom. The Morgan fingerprint density at radius 3 is 2.50 bits per heavy atom. The molecule has 0 unspecified atom stereocenters. The van der Waals surface area contributed by atoms with E-state index in [9.17, 15) is 9.59 Å². The van der Waals surface area contributed by atoms with Gasteiger partial charge in [0.05, 0.1) is 7.11 Å². The molecule has 1 aliphatic rings. The maximum Gasteiger partial charge on any atom is 0.413 e. The number of fused-ring (bicyclic) bond motifs is 1. The van der Waals surface area contributed by atoms with Gasteiger partial charge in [-0.2, -0.15) is 0 Å². The zero-order valence-electron chi connectivity index (χ0n) is 15.4. The topological polar surface area (TPSA) is 64.3 Å². The van der Waals surface area contributed by atoms with E-state index in [1.54, 1.807) is 0 Å². The van der Waals surface area contributed by atoms with Crippen molar-refractivity contribution in [1.82, 2.24) is 5.32 Å². The summed E-state index contributed by atoms with van der Waals surface area (Å²) in [5.74, 6) is -0.274. The summed E-state index contributed by atoms with van der Waals surface area (Å²) in [4.78, 5) is 26.0. The largest absolute Gasteiger partial charge is 0.453 e. The molecule has 1 saturated heterocycles. The molecule has 1 atom stereocenters. The Morgan fingerprint density at radius 1 is 1.08 bits per heavy atom. The first-order valence-electron chi connectivity index (χ1n) is 9.12. The van der Waals surface area contributed by atoms with E-state index in [4.69, 9.17) is 0 Å². The fourth-order valence-corrected chi connectivity index (χ4v) is 3.70. The number of piperazine rings is 1. The van der Waals surface area contributed by atoms with Gasteiger partial charge in [-0.15, -0.1) is 0 Å². The first-order chi connectivity index (χ1) is 12.6. The third kappa shape index (κ3) is 4.20. The van der Waals surface area contributed by atoms with E-state index in [-0.39, 0.29) is 11.9 Å². The number of alkyl carbamates (subject to hydrolysis) is 1. The van der Waals surface area contributed by atoms with E-state index in [1.165, 1.54) is 33.2 Å². The minimum atomic E-state index is -0.693. The van der Waals surface area contributed by atoms with Crippen molar-refractivity contribution in [2.75, 3.05) is 33.3 Å². The molecule has 1 aliphatic heterocycles. The van der Waals surface area contributed by atoms with E-state index in [2.05, 4.69) is 52.5 Å². The van der Waals surface area contributed by atoms with E-state index < -0.39 is 6.09 Å². The highest BCUT2D eigenvalue weighted by Crippen LogP contribution is 2.17. The monoisotopic (exact) mass is 357 g/mol. The summed E-state index contributed by atoms with van der Waals surface area (Å²) >= 11 is 0. The first kappa shape index (κ1) is 18.4. The van der Waals surface area contributed by atoms with Crippen LogP contribution in [0.15, 0.2) is 42.5 Å². The standard InChI is InChI=1S/C20H25N3O3/c1-15(19(24)21-20(25)26-2)23-12-10-22(11-13-23)14-17-8-5-7-16-6-3-4-9-18(16)17/h3-9,15H,10-14H2,1-2H3,(H,21,24,25)/p+2/t15-/m0/s1. The summed E-state index contributed by atoms with van der Waals surface area (Å²) in [5.41, 5.74) is 1.37. The maximum absolute atomic E-state index is 12.1. The Kier molecular flexibility index (Phi) is 5.85. The van der Waals surface area contributed by atoms with Crippen LogP contribution in [-0.2, 0) is 16.1 Å². The predicted molar refractivity (Wildman–Crippen MR) is 99.1 cm³/mol. The molecule has 6 heteroatoms. The minimum Gasteiger partial charge on any atom is -0.453 e. The molecule has 0 spiro atoms. The molecule has 0 saturated carbocycles. The highest BCUT2D eigenvalue weighted by Gasteiger charge is 2.32. The zero-order chi connectivity index (χ0) is 18.5. The van der Waals surface area contributed by atoms with Crippen LogP contribution in [0.3, 0.4) is 0 Å². The molecule has 3 rings (SSSR count). The molecular weight excluding hydrogens is 330 g/mol. The second-order valence-corrected chi connectivity index (χ2v) is 6.93. The fraction of sp³-hybridized carbons (Fsp3) is 0.400. The van der Waals surface area contributed by atoms with Crippen LogP contribution in [0.4, 0.5) is 4.79 Å². The lowest BCUT2D eigenvalue weighted by Crippen LogP contribution is -3.29. The third-order valence-electron chi connectivity index (χ3n) is 5.34. The second-order valence-electron chi connectivity index (χ2n) is 6.93. The van der Waals surface area contributed by atoms with Gasteiger partial charge in [-0.05, 0) is 17.7 Å². The summed E-state index contributed by atoms with van der Waals surface area (Å²) < 4.78 is 4.49. The van der Waals surface area contributed by atoms with Gasteiger partial charge in [0.15, 0.2) is 6.04 Å². The van der Waals surface area contributed by atoms with Crippen LogP contribution in [0, 0.1) is 0 Å². The molecule has 0 radical (unpaired) electrons. The first-order valence-corrected chi connectivity index (χ1v) is 9.12. The van der Waals surface area contributed by atoms with Crippen molar-refractivity contribution < 1.29 is 24.1 Å². The van der Waals surface area contributed by atoms with Gasteiger partial charge in [-0.25, -0.2) is 4.79 Å². The third-order valence-corrected chi connectivity index (χ3v) is 5.34. The summed E-state index contributed by atoms with van der Waals surface area (Å²) in [7, 11) is 1.26. The normalized spacial score (nSPS) is 21.2. The smallest absolute Gasteiger partial charge is 0.413 e. The molecule has 0 aromatic heterocycles. The minimum absolute atomic E-state index is 0.256. The lowest BCUT2D eigenvalue weighted by Gasteiger charge is -2.32. The van der Waals surface area contributed by atoms with Gasteiger partial charge < -0.3 is 14.5 Å². The molecule has 138 valence electrons. The van der Waals surface area contributed by atoms with Gasteiger partial charge in [0.25, 0.3) is 5.91 Å². The molecule has 1 fully saturated rings. The van der Waals surface area contributed by atoms with Crippen LogP contribution in [-0.4, -0.2) is 51.3 Å². The number of ether oxygens (including phenoxy) is 1. The van der Waals surface area contributed by atoms with E-state index in [0.29, 0.717) is 0 Å². The van der Waals surface area contributed by atoms with E-state index >= 15 is 0 Å². The van der Waals surface area contributed by atoms with Crippen molar-refractivity contribution in [1.29, 1.82) is 0 Å². The lowest BCUT2D eigenvalue weighted by atomic mass is 10.0. The van der Waals surface area contributed by atoms with Gasteiger partial charge in [-0.3, -0.25) is 10.1 Å². The summed E-state index contributed by atoms with van der Waals surface area (Å²) in [6.07, 6.45) is -0.693. The van der Waals surface area contributed by atoms with Crippen molar-refractivity contribution in [2.24, 2.45) is 0 Å². The molecule has 2 amide bonds. The number of imide groups is 1. The number of methoxy groups -OCH3 is 1. The summed E-state index contributed by atoms with van der Waals surface area (Å²) in [6, 6.07) is 14.7. The molecular formula is C20H27N3O3+2. The summed E-state index contributed by atoms with van der Waals surface area (Å²) in [6.45, 7) is 6.70. The van der Waals surface area contributed by atoms with E-state index in [1.807, 2.05) is 6.92 Å².